The Hall–Kier alpha value is -0.840. The van der Waals surface area contributed by atoms with Gasteiger partial charge in [0.05, 0.1) is 23.9 Å². The van der Waals surface area contributed by atoms with E-state index in [2.05, 4.69) is 10.6 Å². The van der Waals surface area contributed by atoms with Crippen molar-refractivity contribution in [2.45, 2.75) is 13.0 Å². The van der Waals surface area contributed by atoms with Crippen LogP contribution in [-0.4, -0.2) is 32.3 Å². The first-order valence-corrected chi connectivity index (χ1v) is 6.05. The van der Waals surface area contributed by atoms with E-state index < -0.39 is 0 Å². The second kappa shape index (κ2) is 5.67. The molecule has 1 aromatic rings. The molecule has 0 aliphatic carbocycles. The summed E-state index contributed by atoms with van der Waals surface area (Å²) in [4.78, 5) is 0. The smallest absolute Gasteiger partial charge is 0.128 e. The molecule has 0 radical (unpaired) electrons. The molecule has 94 valence electrons. The lowest BCUT2D eigenvalue weighted by Crippen LogP contribution is -2.45. The van der Waals surface area contributed by atoms with E-state index in [1.54, 1.807) is 13.0 Å². The van der Waals surface area contributed by atoms with E-state index in [1.165, 1.54) is 6.07 Å². The van der Waals surface area contributed by atoms with E-state index in [9.17, 15) is 4.39 Å². The van der Waals surface area contributed by atoms with Crippen LogP contribution >= 0.6 is 11.6 Å². The number of anilines is 1. The summed E-state index contributed by atoms with van der Waals surface area (Å²) >= 11 is 6.04. The van der Waals surface area contributed by atoms with E-state index in [0.29, 0.717) is 29.4 Å². The predicted molar refractivity (Wildman–Crippen MR) is 67.2 cm³/mol. The molecule has 0 spiro atoms. The Morgan fingerprint density at radius 2 is 2.41 bits per heavy atom. The molecule has 1 aromatic carbocycles. The van der Waals surface area contributed by atoms with Gasteiger partial charge >= 0.3 is 0 Å². The zero-order valence-electron chi connectivity index (χ0n) is 9.72. The fourth-order valence-electron chi connectivity index (χ4n) is 1.77. The topological polar surface area (TPSA) is 33.3 Å². The van der Waals surface area contributed by atoms with Gasteiger partial charge in [-0.05, 0) is 24.6 Å². The number of rotatable bonds is 3. The molecule has 0 aromatic heterocycles. The first-order chi connectivity index (χ1) is 8.16. The van der Waals surface area contributed by atoms with Crippen molar-refractivity contribution in [3.8, 4) is 0 Å². The lowest BCUT2D eigenvalue weighted by Gasteiger charge is -2.24. The van der Waals surface area contributed by atoms with Crippen molar-refractivity contribution in [2.75, 3.05) is 31.6 Å². The Labute approximate surface area is 105 Å². The normalized spacial score (nSPS) is 20.3. The van der Waals surface area contributed by atoms with Crippen LogP contribution in [0.3, 0.4) is 0 Å². The molecule has 17 heavy (non-hydrogen) atoms. The maximum Gasteiger partial charge on any atom is 0.128 e. The predicted octanol–water partition coefficient (Wildman–Crippen LogP) is 2.19. The van der Waals surface area contributed by atoms with Gasteiger partial charge in [0.2, 0.25) is 0 Å². The van der Waals surface area contributed by atoms with Gasteiger partial charge in [0.25, 0.3) is 0 Å². The highest BCUT2D eigenvalue weighted by Crippen LogP contribution is 2.25. The monoisotopic (exact) mass is 258 g/mol. The average Bonchev–Trinajstić information content (AvgIpc) is 2.33. The van der Waals surface area contributed by atoms with Crippen molar-refractivity contribution in [3.05, 3.63) is 28.5 Å². The Morgan fingerprint density at radius 3 is 3.12 bits per heavy atom. The fourth-order valence-corrected chi connectivity index (χ4v) is 2.05. The molecule has 1 saturated heterocycles. The maximum absolute atomic E-state index is 13.4. The first kappa shape index (κ1) is 12.6. The van der Waals surface area contributed by atoms with Crippen LogP contribution in [0.2, 0.25) is 5.02 Å². The van der Waals surface area contributed by atoms with Gasteiger partial charge < -0.3 is 15.4 Å². The minimum Gasteiger partial charge on any atom is -0.382 e. The van der Waals surface area contributed by atoms with Gasteiger partial charge in [-0.15, -0.1) is 0 Å². The summed E-state index contributed by atoms with van der Waals surface area (Å²) in [5.74, 6) is -0.246. The third-order valence-corrected chi connectivity index (χ3v) is 3.10. The average molecular weight is 259 g/mol. The van der Waals surface area contributed by atoms with Crippen molar-refractivity contribution >= 4 is 17.3 Å². The zero-order valence-corrected chi connectivity index (χ0v) is 10.5. The van der Waals surface area contributed by atoms with Crippen LogP contribution in [0, 0.1) is 12.7 Å². The van der Waals surface area contributed by atoms with E-state index in [1.807, 2.05) is 0 Å². The molecule has 3 nitrogen and oxygen atoms in total. The van der Waals surface area contributed by atoms with Gasteiger partial charge in [0.1, 0.15) is 5.82 Å². The summed E-state index contributed by atoms with van der Waals surface area (Å²) in [5, 5.41) is 6.99. The number of hydrogen-bond donors (Lipinski definition) is 2. The first-order valence-electron chi connectivity index (χ1n) is 5.67. The molecule has 0 amide bonds. The number of nitrogens with one attached hydrogen (secondary N) is 2. The van der Waals surface area contributed by atoms with Crippen LogP contribution in [0.1, 0.15) is 5.56 Å². The van der Waals surface area contributed by atoms with Crippen molar-refractivity contribution < 1.29 is 9.13 Å². The van der Waals surface area contributed by atoms with Crippen LogP contribution in [0.15, 0.2) is 12.1 Å². The Kier molecular flexibility index (Phi) is 4.20. The molecular formula is C12H16ClFN2O. The SMILES string of the molecule is Cc1cc(Cl)c(NCC2COCCN2)cc1F. The highest BCUT2D eigenvalue weighted by atomic mass is 35.5. The number of halogens is 2. The molecule has 1 fully saturated rings. The minimum absolute atomic E-state index is 0.240. The summed E-state index contributed by atoms with van der Waals surface area (Å²) in [6, 6.07) is 3.30. The molecule has 1 unspecified atom stereocenters. The van der Waals surface area contributed by atoms with E-state index in [4.69, 9.17) is 16.3 Å². The lowest BCUT2D eigenvalue weighted by atomic mass is 10.2. The van der Waals surface area contributed by atoms with Gasteiger partial charge in [0.15, 0.2) is 0 Å². The molecule has 1 heterocycles. The molecular weight excluding hydrogens is 243 g/mol. The molecule has 0 bridgehead atoms. The third kappa shape index (κ3) is 3.31. The lowest BCUT2D eigenvalue weighted by molar-refractivity contribution is 0.0806. The Bertz CT molecular complexity index is 394. The largest absolute Gasteiger partial charge is 0.382 e. The highest BCUT2D eigenvalue weighted by Gasteiger charge is 2.13. The molecule has 5 heteroatoms. The molecule has 0 saturated carbocycles. The van der Waals surface area contributed by atoms with Crippen LogP contribution in [0.4, 0.5) is 10.1 Å². The minimum atomic E-state index is -0.246. The number of aryl methyl sites for hydroxylation is 1. The van der Waals surface area contributed by atoms with Crippen LogP contribution in [0.25, 0.3) is 0 Å². The van der Waals surface area contributed by atoms with Gasteiger partial charge in [-0.1, -0.05) is 11.6 Å². The molecule has 2 N–H and O–H groups in total. The Morgan fingerprint density at radius 1 is 1.59 bits per heavy atom. The number of morpholine rings is 1. The summed E-state index contributed by atoms with van der Waals surface area (Å²) in [6.07, 6.45) is 0. The van der Waals surface area contributed by atoms with E-state index >= 15 is 0 Å². The fraction of sp³-hybridized carbons (Fsp3) is 0.500. The number of hydrogen-bond acceptors (Lipinski definition) is 3. The second-order valence-corrected chi connectivity index (χ2v) is 4.60. The standard InChI is InChI=1S/C12H16ClFN2O/c1-8-4-10(13)12(5-11(8)14)16-6-9-7-17-3-2-15-9/h4-5,9,15-16H,2-3,6-7H2,1H3. The molecule has 2 rings (SSSR count). The highest BCUT2D eigenvalue weighted by molar-refractivity contribution is 6.33. The summed E-state index contributed by atoms with van der Waals surface area (Å²) in [5.41, 5.74) is 1.18. The van der Waals surface area contributed by atoms with Crippen LogP contribution in [-0.2, 0) is 4.74 Å². The second-order valence-electron chi connectivity index (χ2n) is 4.19. The van der Waals surface area contributed by atoms with Gasteiger partial charge in [-0.3, -0.25) is 0 Å². The van der Waals surface area contributed by atoms with Crippen molar-refractivity contribution in [1.82, 2.24) is 5.32 Å². The van der Waals surface area contributed by atoms with Gasteiger partial charge in [-0.25, -0.2) is 4.39 Å². The summed E-state index contributed by atoms with van der Waals surface area (Å²) in [7, 11) is 0. The van der Waals surface area contributed by atoms with Gasteiger partial charge in [0, 0.05) is 19.1 Å². The van der Waals surface area contributed by atoms with Crippen LogP contribution in [0.5, 0.6) is 0 Å². The Balaban J connectivity index is 1.96. The van der Waals surface area contributed by atoms with E-state index in [-0.39, 0.29) is 11.9 Å². The summed E-state index contributed by atoms with van der Waals surface area (Å²) in [6.45, 7) is 4.63. The maximum atomic E-state index is 13.4. The van der Waals surface area contributed by atoms with Crippen molar-refractivity contribution in [1.29, 1.82) is 0 Å². The van der Waals surface area contributed by atoms with Gasteiger partial charge in [-0.2, -0.15) is 0 Å². The number of benzene rings is 1. The molecule has 1 aliphatic rings. The van der Waals surface area contributed by atoms with Crippen molar-refractivity contribution in [2.24, 2.45) is 0 Å². The number of ether oxygens (including phenoxy) is 1. The zero-order chi connectivity index (χ0) is 12.3. The quantitative estimate of drug-likeness (QED) is 0.872. The summed E-state index contributed by atoms with van der Waals surface area (Å²) < 4.78 is 18.7. The molecule has 1 aliphatic heterocycles. The third-order valence-electron chi connectivity index (χ3n) is 2.79. The molecule has 1 atom stereocenters. The van der Waals surface area contributed by atoms with Crippen LogP contribution < -0.4 is 10.6 Å². The van der Waals surface area contributed by atoms with E-state index in [0.717, 1.165) is 13.2 Å². The van der Waals surface area contributed by atoms with Crippen molar-refractivity contribution in [3.63, 3.8) is 0 Å².